The van der Waals surface area contributed by atoms with E-state index in [4.69, 9.17) is 4.84 Å². The Balaban J connectivity index is 1.87. The van der Waals surface area contributed by atoms with Gasteiger partial charge in [-0.15, -0.1) is 0 Å². The molecule has 0 aromatic rings. The first-order chi connectivity index (χ1) is 6.17. The van der Waals surface area contributed by atoms with Gasteiger partial charge in [0.05, 0.1) is 6.61 Å². The molecule has 2 aliphatic rings. The van der Waals surface area contributed by atoms with Crippen LogP contribution in [0.2, 0.25) is 0 Å². The molecule has 1 heterocycles. The maximum absolute atomic E-state index is 5.69. The zero-order valence-electron chi connectivity index (χ0n) is 8.88. The van der Waals surface area contributed by atoms with Crippen LogP contribution in [-0.2, 0) is 4.84 Å². The molecule has 2 rings (SSSR count). The normalized spacial score (nSPS) is 35.1. The highest BCUT2D eigenvalue weighted by atomic mass is 16.7. The molecule has 1 unspecified atom stereocenters. The van der Waals surface area contributed by atoms with Crippen LogP contribution in [-0.4, -0.2) is 24.3 Å². The molecule has 13 heavy (non-hydrogen) atoms. The zero-order chi connectivity index (χ0) is 9.31. The first kappa shape index (κ1) is 9.47. The Bertz CT molecular complexity index is 173. The Labute approximate surface area is 81.2 Å². The van der Waals surface area contributed by atoms with Crippen LogP contribution in [0.25, 0.3) is 0 Å². The van der Waals surface area contributed by atoms with Crippen LogP contribution in [0.4, 0.5) is 0 Å². The first-order valence-electron chi connectivity index (χ1n) is 5.57. The van der Waals surface area contributed by atoms with E-state index in [0.29, 0.717) is 11.5 Å². The maximum Gasteiger partial charge on any atom is 0.0685 e. The van der Waals surface area contributed by atoms with Crippen molar-refractivity contribution in [2.24, 2.45) is 5.41 Å². The van der Waals surface area contributed by atoms with Crippen molar-refractivity contribution in [3.8, 4) is 0 Å². The van der Waals surface area contributed by atoms with Gasteiger partial charge in [-0.05, 0) is 37.5 Å². The van der Waals surface area contributed by atoms with Crippen LogP contribution in [0, 0.1) is 5.41 Å². The van der Waals surface area contributed by atoms with Crippen LogP contribution < -0.4 is 0 Å². The van der Waals surface area contributed by atoms with E-state index in [2.05, 4.69) is 18.9 Å². The molecule has 0 radical (unpaired) electrons. The fourth-order valence-electron chi connectivity index (χ4n) is 2.55. The Morgan fingerprint density at radius 1 is 1.31 bits per heavy atom. The second kappa shape index (κ2) is 3.58. The van der Waals surface area contributed by atoms with E-state index in [9.17, 15) is 0 Å². The van der Waals surface area contributed by atoms with Gasteiger partial charge in [-0.3, -0.25) is 4.84 Å². The minimum Gasteiger partial charge on any atom is -0.299 e. The molecule has 1 aliphatic carbocycles. The Morgan fingerprint density at radius 3 is 2.69 bits per heavy atom. The third-order valence-corrected chi connectivity index (χ3v) is 3.38. The van der Waals surface area contributed by atoms with Crippen LogP contribution >= 0.6 is 0 Å². The van der Waals surface area contributed by atoms with Gasteiger partial charge in [0.1, 0.15) is 0 Å². The topological polar surface area (TPSA) is 12.5 Å². The molecule has 76 valence electrons. The quantitative estimate of drug-likeness (QED) is 0.619. The van der Waals surface area contributed by atoms with Gasteiger partial charge >= 0.3 is 0 Å². The fraction of sp³-hybridized carbons (Fsp3) is 1.00. The van der Waals surface area contributed by atoms with Crippen LogP contribution in [0.1, 0.15) is 46.0 Å². The summed E-state index contributed by atoms with van der Waals surface area (Å²) in [5.74, 6) is 0. The van der Waals surface area contributed by atoms with E-state index in [-0.39, 0.29) is 0 Å². The van der Waals surface area contributed by atoms with Crippen molar-refractivity contribution in [2.45, 2.75) is 52.0 Å². The van der Waals surface area contributed by atoms with Gasteiger partial charge in [-0.25, -0.2) is 0 Å². The Kier molecular flexibility index (Phi) is 2.61. The predicted octanol–water partition coefficient (Wildman–Crippen LogP) is 2.59. The molecular formula is C11H21NO. The molecule has 2 nitrogen and oxygen atoms in total. The van der Waals surface area contributed by atoms with E-state index < -0.39 is 0 Å². The molecule has 2 fully saturated rings. The average Bonchev–Trinajstić information content (AvgIpc) is 2.48. The van der Waals surface area contributed by atoms with Gasteiger partial charge < -0.3 is 0 Å². The number of hydrogen-bond acceptors (Lipinski definition) is 2. The van der Waals surface area contributed by atoms with Crippen LogP contribution in [0.5, 0.6) is 0 Å². The highest BCUT2D eigenvalue weighted by molar-refractivity contribution is 4.86. The molecule has 0 N–H and O–H groups in total. The molecule has 0 aromatic heterocycles. The highest BCUT2D eigenvalue weighted by Crippen LogP contribution is 2.39. The van der Waals surface area contributed by atoms with Crippen molar-refractivity contribution in [3.05, 3.63) is 0 Å². The number of hydroxylamine groups is 2. The van der Waals surface area contributed by atoms with Gasteiger partial charge in [0.15, 0.2) is 0 Å². The molecule has 2 heteroatoms. The van der Waals surface area contributed by atoms with Gasteiger partial charge in [0, 0.05) is 12.6 Å². The van der Waals surface area contributed by atoms with Crippen molar-refractivity contribution >= 4 is 0 Å². The monoisotopic (exact) mass is 183 g/mol. The van der Waals surface area contributed by atoms with Crippen molar-refractivity contribution in [3.63, 3.8) is 0 Å². The Hall–Kier alpha value is -0.0800. The predicted molar refractivity (Wildman–Crippen MR) is 53.3 cm³/mol. The lowest BCUT2D eigenvalue weighted by molar-refractivity contribution is -0.206. The molecular weight excluding hydrogens is 162 g/mol. The van der Waals surface area contributed by atoms with Gasteiger partial charge in [0.25, 0.3) is 0 Å². The van der Waals surface area contributed by atoms with E-state index >= 15 is 0 Å². The molecule has 0 aromatic carbocycles. The summed E-state index contributed by atoms with van der Waals surface area (Å²) in [5, 5.41) is 2.25. The van der Waals surface area contributed by atoms with Crippen LogP contribution in [0.3, 0.4) is 0 Å². The third-order valence-electron chi connectivity index (χ3n) is 3.38. The van der Waals surface area contributed by atoms with Crippen molar-refractivity contribution in [1.82, 2.24) is 5.06 Å². The summed E-state index contributed by atoms with van der Waals surface area (Å²) in [6.07, 6.45) is 6.56. The first-order valence-corrected chi connectivity index (χ1v) is 5.57. The van der Waals surface area contributed by atoms with Crippen molar-refractivity contribution < 1.29 is 4.84 Å². The van der Waals surface area contributed by atoms with Gasteiger partial charge in [0.2, 0.25) is 0 Å². The Morgan fingerprint density at radius 2 is 2.15 bits per heavy atom. The second-order valence-electron chi connectivity index (χ2n) is 5.24. The number of nitrogens with zero attached hydrogens (tertiary/aromatic N) is 1. The highest BCUT2D eigenvalue weighted by Gasteiger charge is 2.35. The molecule has 1 aliphatic heterocycles. The zero-order valence-corrected chi connectivity index (χ0v) is 8.88. The molecule has 0 spiro atoms. The third kappa shape index (κ3) is 2.23. The summed E-state index contributed by atoms with van der Waals surface area (Å²) >= 11 is 0. The summed E-state index contributed by atoms with van der Waals surface area (Å²) in [6.45, 7) is 6.84. The fourth-order valence-corrected chi connectivity index (χ4v) is 2.55. The summed E-state index contributed by atoms with van der Waals surface area (Å²) in [7, 11) is 0. The summed E-state index contributed by atoms with van der Waals surface area (Å²) in [6, 6.07) is 0.704. The van der Waals surface area contributed by atoms with E-state index in [1.54, 1.807) is 0 Å². The van der Waals surface area contributed by atoms with Gasteiger partial charge in [-0.1, -0.05) is 13.8 Å². The minimum absolute atomic E-state index is 0.547. The lowest BCUT2D eigenvalue weighted by Crippen LogP contribution is -2.38. The number of hydrogen-bond donors (Lipinski definition) is 0. The molecule has 0 amide bonds. The lowest BCUT2D eigenvalue weighted by Gasteiger charge is -2.32. The SMILES string of the molecule is CC1(C)CCC(N2CCCCO2)C1. The van der Waals surface area contributed by atoms with Gasteiger partial charge in [-0.2, -0.15) is 5.06 Å². The second-order valence-corrected chi connectivity index (χ2v) is 5.24. The van der Waals surface area contributed by atoms with E-state index in [1.165, 1.54) is 32.1 Å². The molecule has 1 saturated heterocycles. The molecule has 0 bridgehead atoms. The van der Waals surface area contributed by atoms with Crippen LogP contribution in [0.15, 0.2) is 0 Å². The number of rotatable bonds is 1. The standard InChI is InChI=1S/C11H21NO/c1-11(2)6-5-10(9-11)12-7-3-4-8-13-12/h10H,3-9H2,1-2H3. The lowest BCUT2D eigenvalue weighted by atomic mass is 9.92. The van der Waals surface area contributed by atoms with Crippen molar-refractivity contribution in [1.29, 1.82) is 0 Å². The summed E-state index contributed by atoms with van der Waals surface area (Å²) < 4.78 is 0. The molecule has 1 saturated carbocycles. The minimum atomic E-state index is 0.547. The van der Waals surface area contributed by atoms with E-state index in [0.717, 1.165) is 13.2 Å². The van der Waals surface area contributed by atoms with E-state index in [1.807, 2.05) is 0 Å². The smallest absolute Gasteiger partial charge is 0.0685 e. The maximum atomic E-state index is 5.69. The summed E-state index contributed by atoms with van der Waals surface area (Å²) in [5.41, 5.74) is 0.547. The van der Waals surface area contributed by atoms with Crippen molar-refractivity contribution in [2.75, 3.05) is 13.2 Å². The summed E-state index contributed by atoms with van der Waals surface area (Å²) in [4.78, 5) is 5.69. The largest absolute Gasteiger partial charge is 0.299 e. The molecule has 1 atom stereocenters. The average molecular weight is 183 g/mol.